The van der Waals surface area contributed by atoms with Gasteiger partial charge in [-0.05, 0) is 0 Å². The predicted octanol–water partition coefficient (Wildman–Crippen LogP) is -1.42. The van der Waals surface area contributed by atoms with Crippen LogP contribution in [0.5, 0.6) is 0 Å². The van der Waals surface area contributed by atoms with E-state index in [1.807, 2.05) is 0 Å². The zero-order valence-electron chi connectivity index (χ0n) is 10.5. The maximum Gasteiger partial charge on any atom is 0.335 e. The van der Waals surface area contributed by atoms with Gasteiger partial charge < -0.3 is 31.9 Å². The van der Waals surface area contributed by atoms with Crippen molar-refractivity contribution < 1.29 is 56.7 Å². The van der Waals surface area contributed by atoms with Crippen molar-refractivity contribution in [3.05, 3.63) is 0 Å². The van der Waals surface area contributed by atoms with Crippen molar-refractivity contribution in [3.63, 3.8) is 0 Å². The first-order valence-electron chi connectivity index (χ1n) is 4.17. The number of hydrogen-bond donors (Lipinski definition) is 6. The molecule has 0 heterocycles. The van der Waals surface area contributed by atoms with Crippen LogP contribution >= 0.6 is 0 Å². The van der Waals surface area contributed by atoms with Gasteiger partial charge in [-0.15, -0.1) is 0 Å². The zero-order chi connectivity index (χ0) is 15.9. The fraction of sp³-hybridized carbons (Fsp3) is 0.500. The van der Waals surface area contributed by atoms with Crippen LogP contribution in [0, 0.1) is 0 Å². The van der Waals surface area contributed by atoms with Gasteiger partial charge in [0.15, 0.2) is 6.17 Å². The van der Waals surface area contributed by atoms with E-state index < -0.39 is 30.0 Å². The quantitative estimate of drug-likeness (QED) is 0.244. The van der Waals surface area contributed by atoms with Crippen LogP contribution in [0.4, 0.5) is 0 Å². The number of carboxylic acid groups (broad SMARTS) is 4. The monoisotopic (exact) mass is 333 g/mol. The average molecular weight is 334 g/mol. The molecule has 0 amide bonds. The molecule has 0 aliphatic carbocycles. The zero-order valence-corrected chi connectivity index (χ0v) is 11.4. The second kappa shape index (κ2) is 21.6. The van der Waals surface area contributed by atoms with Crippen molar-refractivity contribution >= 4 is 23.9 Å². The summed E-state index contributed by atoms with van der Waals surface area (Å²) in [6, 6.07) is 0. The van der Waals surface area contributed by atoms with E-state index >= 15 is 0 Å². The number of carbonyl (C=O) groups is 4. The molecule has 11 heteroatoms. The van der Waals surface area contributed by atoms with Gasteiger partial charge in [-0.3, -0.25) is 14.4 Å². The van der Waals surface area contributed by atoms with Gasteiger partial charge in [-0.2, -0.15) is 0 Å². The third-order valence-corrected chi connectivity index (χ3v) is 0.285. The third kappa shape index (κ3) is 622. The standard InChI is InChI=1S/C2H6N2O2.3C2H4O2.Cu/c3-1(4)2(5)6;3*1-2(3)4;/h1H,3-4H2,(H,5,6);3*1H3,(H,3,4);. The third-order valence-electron chi connectivity index (χ3n) is 0.285. The van der Waals surface area contributed by atoms with Gasteiger partial charge in [0.25, 0.3) is 17.9 Å². The van der Waals surface area contributed by atoms with E-state index in [1.54, 1.807) is 0 Å². The Kier molecular flexibility index (Phi) is 34.5. The molecule has 119 valence electrons. The molecule has 0 aliphatic heterocycles. The molecule has 0 aliphatic rings. The number of carboxylic acids is 4. The Bertz CT molecular complexity index is 229. The number of hydrogen-bond acceptors (Lipinski definition) is 6. The largest absolute Gasteiger partial charge is 0.481 e. The van der Waals surface area contributed by atoms with Crippen LogP contribution in [0.1, 0.15) is 20.8 Å². The number of rotatable bonds is 1. The molecule has 0 aromatic carbocycles. The van der Waals surface area contributed by atoms with Gasteiger partial charge >= 0.3 is 5.97 Å². The topological polar surface area (TPSA) is 201 Å². The molecule has 0 aromatic rings. The number of aliphatic carboxylic acids is 4. The van der Waals surface area contributed by atoms with Crippen LogP contribution < -0.4 is 11.5 Å². The SMILES string of the molecule is CC(=O)O.CC(=O)O.CC(=O)O.NC(N)C(=O)O.[Cu]. The van der Waals surface area contributed by atoms with Gasteiger partial charge in [0.2, 0.25) is 0 Å². The molecule has 0 saturated heterocycles. The van der Waals surface area contributed by atoms with Crippen LogP contribution in [0.3, 0.4) is 0 Å². The van der Waals surface area contributed by atoms with E-state index in [0.717, 1.165) is 20.8 Å². The van der Waals surface area contributed by atoms with E-state index in [-0.39, 0.29) is 17.1 Å². The van der Waals surface area contributed by atoms with Crippen LogP contribution in [-0.2, 0) is 36.2 Å². The van der Waals surface area contributed by atoms with Crippen LogP contribution in [0.15, 0.2) is 0 Å². The molecule has 0 unspecified atom stereocenters. The summed E-state index contributed by atoms with van der Waals surface area (Å²) in [5.41, 5.74) is 9.23. The Morgan fingerprint density at radius 1 is 0.737 bits per heavy atom. The Hall–Kier alpha value is -1.68. The van der Waals surface area contributed by atoms with Crippen molar-refractivity contribution in [1.82, 2.24) is 0 Å². The minimum atomic E-state index is -1.23. The van der Waals surface area contributed by atoms with E-state index in [9.17, 15) is 4.79 Å². The summed E-state index contributed by atoms with van der Waals surface area (Å²) in [6.45, 7) is 3.25. The summed E-state index contributed by atoms with van der Waals surface area (Å²) in [4.78, 5) is 36.4. The van der Waals surface area contributed by atoms with E-state index in [2.05, 4.69) is 11.5 Å². The Labute approximate surface area is 119 Å². The molecule has 10 nitrogen and oxygen atoms in total. The minimum Gasteiger partial charge on any atom is -0.481 e. The molecule has 0 bridgehead atoms. The first kappa shape index (κ1) is 30.4. The van der Waals surface area contributed by atoms with E-state index in [1.165, 1.54) is 0 Å². The molecule has 8 N–H and O–H groups in total. The summed E-state index contributed by atoms with van der Waals surface area (Å²) in [5.74, 6) is -3.69. The second-order valence-corrected chi connectivity index (χ2v) is 2.42. The van der Waals surface area contributed by atoms with Crippen LogP contribution in [0.2, 0.25) is 0 Å². The average Bonchev–Trinajstić information content (AvgIpc) is 1.99. The smallest absolute Gasteiger partial charge is 0.335 e. The van der Waals surface area contributed by atoms with Gasteiger partial charge in [0.1, 0.15) is 0 Å². The van der Waals surface area contributed by atoms with Gasteiger partial charge in [-0.1, -0.05) is 0 Å². The van der Waals surface area contributed by atoms with Crippen molar-refractivity contribution in [2.75, 3.05) is 0 Å². The van der Waals surface area contributed by atoms with Crippen molar-refractivity contribution in [1.29, 1.82) is 0 Å². The Morgan fingerprint density at radius 3 is 0.789 bits per heavy atom. The summed E-state index contributed by atoms with van der Waals surface area (Å²) in [5, 5.41) is 30.0. The Balaban J connectivity index is -0.0000000459. The maximum atomic E-state index is 9.45. The van der Waals surface area contributed by atoms with Crippen LogP contribution in [0.25, 0.3) is 0 Å². The first-order chi connectivity index (χ1) is 7.84. The molecule has 0 aromatic heterocycles. The molecule has 0 atom stereocenters. The van der Waals surface area contributed by atoms with Gasteiger partial charge in [-0.25, -0.2) is 4.79 Å². The molecule has 19 heavy (non-hydrogen) atoms. The summed E-state index contributed by atoms with van der Waals surface area (Å²) in [6.07, 6.45) is -1.23. The molecule has 0 spiro atoms. The summed E-state index contributed by atoms with van der Waals surface area (Å²) < 4.78 is 0. The molecule has 0 rings (SSSR count). The van der Waals surface area contributed by atoms with Gasteiger partial charge in [0.05, 0.1) is 0 Å². The summed E-state index contributed by atoms with van der Waals surface area (Å²) >= 11 is 0. The molecule has 0 fully saturated rings. The predicted molar refractivity (Wildman–Crippen MR) is 59.7 cm³/mol. The number of nitrogens with two attached hydrogens (primary N) is 2. The second-order valence-electron chi connectivity index (χ2n) is 2.42. The molecule has 0 saturated carbocycles. The van der Waals surface area contributed by atoms with Crippen molar-refractivity contribution in [2.24, 2.45) is 11.5 Å². The normalized spacial score (nSPS) is 6.84. The summed E-state index contributed by atoms with van der Waals surface area (Å²) in [7, 11) is 0. The Morgan fingerprint density at radius 2 is 0.789 bits per heavy atom. The first-order valence-corrected chi connectivity index (χ1v) is 4.17. The fourth-order valence-electron chi connectivity index (χ4n) is 0. The fourth-order valence-corrected chi connectivity index (χ4v) is 0. The van der Waals surface area contributed by atoms with E-state index in [4.69, 9.17) is 34.8 Å². The molecular weight excluding hydrogens is 316 g/mol. The molecule has 1 radical (unpaired) electrons. The minimum absolute atomic E-state index is 0. The van der Waals surface area contributed by atoms with E-state index in [0.29, 0.717) is 0 Å². The maximum absolute atomic E-state index is 9.45. The van der Waals surface area contributed by atoms with Gasteiger partial charge in [0, 0.05) is 37.8 Å². The van der Waals surface area contributed by atoms with Crippen LogP contribution in [-0.4, -0.2) is 50.5 Å². The molecular formula is C8H18CuN2O8. The van der Waals surface area contributed by atoms with Crippen molar-refractivity contribution in [2.45, 2.75) is 26.9 Å². The van der Waals surface area contributed by atoms with Crippen molar-refractivity contribution in [3.8, 4) is 0 Å².